The highest BCUT2D eigenvalue weighted by Gasteiger charge is 2.08. The maximum Gasteiger partial charge on any atom is 0.0959 e. The van der Waals surface area contributed by atoms with E-state index in [0.717, 1.165) is 29.8 Å². The summed E-state index contributed by atoms with van der Waals surface area (Å²) in [4.78, 5) is 4.22. The molecule has 14 heavy (non-hydrogen) atoms. The molecule has 1 aromatic rings. The molecule has 1 heterocycles. The van der Waals surface area contributed by atoms with Crippen molar-refractivity contribution in [2.75, 3.05) is 12.4 Å². The van der Waals surface area contributed by atoms with Gasteiger partial charge in [-0.3, -0.25) is 4.98 Å². The van der Waals surface area contributed by atoms with Gasteiger partial charge in [-0.15, -0.1) is 0 Å². The van der Waals surface area contributed by atoms with Crippen LogP contribution in [0.3, 0.4) is 0 Å². The van der Waals surface area contributed by atoms with Crippen LogP contribution in [0.4, 0.5) is 5.69 Å². The predicted octanol–water partition coefficient (Wildman–Crippen LogP) is 2.27. The Kier molecular flexibility index (Phi) is 3.89. The summed E-state index contributed by atoms with van der Waals surface area (Å²) >= 11 is 0. The first kappa shape index (κ1) is 11.0. The van der Waals surface area contributed by atoms with Gasteiger partial charge in [-0.1, -0.05) is 13.3 Å². The molecular formula is C11H18N2O. The van der Waals surface area contributed by atoms with Gasteiger partial charge in [0.2, 0.25) is 0 Å². The first-order valence-electron chi connectivity index (χ1n) is 5.01. The van der Waals surface area contributed by atoms with Gasteiger partial charge in [-0.05, 0) is 25.0 Å². The second-order valence-electron chi connectivity index (χ2n) is 3.48. The SMILES string of the molecule is CCCC(O)c1cc(C)c(NC)cn1. The first-order valence-corrected chi connectivity index (χ1v) is 5.01. The smallest absolute Gasteiger partial charge is 0.0959 e. The molecule has 0 aliphatic rings. The fourth-order valence-electron chi connectivity index (χ4n) is 1.44. The third kappa shape index (κ3) is 2.45. The molecule has 2 N–H and O–H groups in total. The molecule has 3 nitrogen and oxygen atoms in total. The van der Waals surface area contributed by atoms with E-state index in [4.69, 9.17) is 0 Å². The monoisotopic (exact) mass is 194 g/mol. The number of pyridine rings is 1. The van der Waals surface area contributed by atoms with E-state index in [1.807, 2.05) is 20.0 Å². The van der Waals surface area contributed by atoms with Crippen molar-refractivity contribution in [2.45, 2.75) is 32.8 Å². The number of aromatic nitrogens is 1. The van der Waals surface area contributed by atoms with Crippen LogP contribution in [0.25, 0.3) is 0 Å². The van der Waals surface area contributed by atoms with Gasteiger partial charge in [0.15, 0.2) is 0 Å². The largest absolute Gasteiger partial charge is 0.387 e. The minimum absolute atomic E-state index is 0.426. The van der Waals surface area contributed by atoms with Crippen LogP contribution in [0.2, 0.25) is 0 Å². The van der Waals surface area contributed by atoms with Gasteiger partial charge < -0.3 is 10.4 Å². The van der Waals surface area contributed by atoms with Crippen molar-refractivity contribution >= 4 is 5.69 Å². The van der Waals surface area contributed by atoms with Crippen LogP contribution in [0.15, 0.2) is 12.3 Å². The molecule has 0 aromatic carbocycles. The van der Waals surface area contributed by atoms with E-state index in [1.54, 1.807) is 6.20 Å². The zero-order chi connectivity index (χ0) is 10.6. The van der Waals surface area contributed by atoms with Crippen molar-refractivity contribution in [1.29, 1.82) is 0 Å². The maximum absolute atomic E-state index is 9.73. The second-order valence-corrected chi connectivity index (χ2v) is 3.48. The van der Waals surface area contributed by atoms with Crippen molar-refractivity contribution in [3.63, 3.8) is 0 Å². The Morgan fingerprint density at radius 1 is 1.57 bits per heavy atom. The zero-order valence-corrected chi connectivity index (χ0v) is 9.04. The van der Waals surface area contributed by atoms with Gasteiger partial charge >= 0.3 is 0 Å². The molecule has 0 aliphatic carbocycles. The van der Waals surface area contributed by atoms with Gasteiger partial charge in [0.25, 0.3) is 0 Å². The van der Waals surface area contributed by atoms with Crippen LogP contribution in [0.1, 0.15) is 37.1 Å². The molecule has 1 atom stereocenters. The fourth-order valence-corrected chi connectivity index (χ4v) is 1.44. The van der Waals surface area contributed by atoms with Crippen molar-refractivity contribution in [1.82, 2.24) is 4.98 Å². The lowest BCUT2D eigenvalue weighted by atomic mass is 10.1. The van der Waals surface area contributed by atoms with Gasteiger partial charge in [0, 0.05) is 7.05 Å². The zero-order valence-electron chi connectivity index (χ0n) is 9.04. The summed E-state index contributed by atoms with van der Waals surface area (Å²) in [5, 5.41) is 12.8. The molecule has 0 spiro atoms. The number of anilines is 1. The van der Waals surface area contributed by atoms with Gasteiger partial charge in [-0.2, -0.15) is 0 Å². The van der Waals surface area contributed by atoms with E-state index < -0.39 is 6.10 Å². The third-order valence-electron chi connectivity index (χ3n) is 2.30. The van der Waals surface area contributed by atoms with Crippen molar-refractivity contribution in [3.8, 4) is 0 Å². The Morgan fingerprint density at radius 3 is 2.79 bits per heavy atom. The van der Waals surface area contributed by atoms with Crippen LogP contribution >= 0.6 is 0 Å². The van der Waals surface area contributed by atoms with Gasteiger partial charge in [-0.25, -0.2) is 0 Å². The molecule has 0 saturated carbocycles. The normalized spacial score (nSPS) is 12.6. The Morgan fingerprint density at radius 2 is 2.29 bits per heavy atom. The molecule has 1 rings (SSSR count). The van der Waals surface area contributed by atoms with Crippen molar-refractivity contribution < 1.29 is 5.11 Å². The number of nitrogens with one attached hydrogen (secondary N) is 1. The van der Waals surface area contributed by atoms with Crippen LogP contribution in [0.5, 0.6) is 0 Å². The molecule has 0 aliphatic heterocycles. The van der Waals surface area contributed by atoms with Gasteiger partial charge in [0.05, 0.1) is 23.7 Å². The minimum Gasteiger partial charge on any atom is -0.387 e. The Hall–Kier alpha value is -1.09. The number of nitrogens with zero attached hydrogens (tertiary/aromatic N) is 1. The molecule has 3 heteroatoms. The molecule has 0 radical (unpaired) electrons. The van der Waals surface area contributed by atoms with E-state index in [1.165, 1.54) is 0 Å². The average Bonchev–Trinajstić information content (AvgIpc) is 2.18. The second kappa shape index (κ2) is 4.96. The highest BCUT2D eigenvalue weighted by atomic mass is 16.3. The molecule has 0 amide bonds. The lowest BCUT2D eigenvalue weighted by Gasteiger charge is -2.11. The number of hydrogen-bond donors (Lipinski definition) is 2. The lowest BCUT2D eigenvalue weighted by Crippen LogP contribution is -2.02. The number of aliphatic hydroxyl groups excluding tert-OH is 1. The summed E-state index contributed by atoms with van der Waals surface area (Å²) in [6.45, 7) is 4.06. The molecule has 1 unspecified atom stereocenters. The summed E-state index contributed by atoms with van der Waals surface area (Å²) in [6, 6.07) is 1.94. The van der Waals surface area contributed by atoms with Crippen molar-refractivity contribution in [3.05, 3.63) is 23.5 Å². The fraction of sp³-hybridized carbons (Fsp3) is 0.545. The Balaban J connectivity index is 2.85. The van der Waals surface area contributed by atoms with E-state index in [0.29, 0.717) is 0 Å². The first-order chi connectivity index (χ1) is 6.69. The third-order valence-corrected chi connectivity index (χ3v) is 2.30. The minimum atomic E-state index is -0.426. The molecule has 0 fully saturated rings. The molecule has 0 bridgehead atoms. The standard InChI is InChI=1S/C11H18N2O/c1-4-5-11(14)9-6-8(2)10(12-3)7-13-9/h6-7,11-12,14H,4-5H2,1-3H3. The summed E-state index contributed by atoms with van der Waals surface area (Å²) < 4.78 is 0. The Bertz CT molecular complexity index is 299. The van der Waals surface area contributed by atoms with E-state index in [2.05, 4.69) is 17.2 Å². The predicted molar refractivity (Wildman–Crippen MR) is 58.4 cm³/mol. The quantitative estimate of drug-likeness (QED) is 0.772. The summed E-state index contributed by atoms with van der Waals surface area (Å²) in [6.07, 6.45) is 3.08. The topological polar surface area (TPSA) is 45.1 Å². The maximum atomic E-state index is 9.73. The van der Waals surface area contributed by atoms with Crippen LogP contribution in [-0.2, 0) is 0 Å². The lowest BCUT2D eigenvalue weighted by molar-refractivity contribution is 0.161. The van der Waals surface area contributed by atoms with E-state index in [9.17, 15) is 5.11 Å². The van der Waals surface area contributed by atoms with Crippen molar-refractivity contribution in [2.24, 2.45) is 0 Å². The number of hydrogen-bond acceptors (Lipinski definition) is 3. The number of rotatable bonds is 4. The summed E-state index contributed by atoms with van der Waals surface area (Å²) in [7, 11) is 1.87. The molecule has 0 saturated heterocycles. The van der Waals surface area contributed by atoms with E-state index >= 15 is 0 Å². The molecule has 78 valence electrons. The van der Waals surface area contributed by atoms with Crippen LogP contribution < -0.4 is 5.32 Å². The average molecular weight is 194 g/mol. The summed E-state index contributed by atoms with van der Waals surface area (Å²) in [5.41, 5.74) is 2.90. The number of aryl methyl sites for hydroxylation is 1. The Labute approximate surface area is 85.2 Å². The summed E-state index contributed by atoms with van der Waals surface area (Å²) in [5.74, 6) is 0. The van der Waals surface area contributed by atoms with Crippen LogP contribution in [0, 0.1) is 6.92 Å². The van der Waals surface area contributed by atoms with Crippen LogP contribution in [-0.4, -0.2) is 17.1 Å². The number of aliphatic hydroxyl groups is 1. The highest BCUT2D eigenvalue weighted by Crippen LogP contribution is 2.20. The highest BCUT2D eigenvalue weighted by molar-refractivity contribution is 5.48. The van der Waals surface area contributed by atoms with E-state index in [-0.39, 0.29) is 0 Å². The molecule has 1 aromatic heterocycles. The molecular weight excluding hydrogens is 176 g/mol. The van der Waals surface area contributed by atoms with Gasteiger partial charge in [0.1, 0.15) is 0 Å².